The van der Waals surface area contributed by atoms with Crippen LogP contribution in [0.15, 0.2) is 54.6 Å². The van der Waals surface area contributed by atoms with Gasteiger partial charge in [-0.05, 0) is 76.4 Å². The minimum Gasteiger partial charge on any atom is -0.458 e. The molecule has 10 nitrogen and oxygen atoms in total. The summed E-state index contributed by atoms with van der Waals surface area (Å²) in [7, 11) is 0. The average molecular weight is 575 g/mol. The monoisotopic (exact) mass is 574 g/mol. The number of hydrogen-bond acceptors (Lipinski definition) is 8. The molecule has 228 valence electrons. The molecule has 10 heteroatoms. The molecule has 0 spiro atoms. The lowest BCUT2D eigenvalue weighted by atomic mass is 9.89. The van der Waals surface area contributed by atoms with Crippen molar-refractivity contribution in [1.82, 2.24) is 5.32 Å². The molecule has 1 aliphatic carbocycles. The van der Waals surface area contributed by atoms with Crippen molar-refractivity contribution in [1.29, 1.82) is 0 Å². The standard InChI is InChI=1S/C31H46N2O8/c1-3-32-30(36)16-10-5-4-9-15-26-27(29(35)22-28(26)34)21-20-25(19-18-24-13-7-6-8-14-24)40-31(37)17-11-12-23(2)41-33(38)39/h4,6-9,13-14,20-21,23,25-29,34-35H,3,5,10-12,15-19,22H2,1-2H3,(H,32,36)/b9-4-,21-20+/t23-,25+,26-,27-,28+,29-/m1/s1. The Hall–Kier alpha value is -3.24. The van der Waals surface area contributed by atoms with E-state index in [-0.39, 0.29) is 30.6 Å². The number of nitrogens with one attached hydrogen (secondary N) is 1. The second-order valence-corrected chi connectivity index (χ2v) is 10.6. The van der Waals surface area contributed by atoms with Crippen LogP contribution in [-0.2, 0) is 25.6 Å². The minimum absolute atomic E-state index is 0.0429. The van der Waals surface area contributed by atoms with Crippen LogP contribution in [0.2, 0.25) is 0 Å². The topological polar surface area (TPSA) is 148 Å². The lowest BCUT2D eigenvalue weighted by Crippen LogP contribution is -2.22. The van der Waals surface area contributed by atoms with Crippen molar-refractivity contribution >= 4 is 11.9 Å². The second kappa shape index (κ2) is 19.0. The summed E-state index contributed by atoms with van der Waals surface area (Å²) in [5.74, 6) is -0.820. The van der Waals surface area contributed by atoms with Gasteiger partial charge in [-0.2, -0.15) is 0 Å². The van der Waals surface area contributed by atoms with Crippen LogP contribution in [0.25, 0.3) is 0 Å². The summed E-state index contributed by atoms with van der Waals surface area (Å²) in [5.41, 5.74) is 1.11. The van der Waals surface area contributed by atoms with Crippen molar-refractivity contribution in [2.45, 2.75) is 102 Å². The predicted molar refractivity (Wildman–Crippen MR) is 155 cm³/mol. The number of ether oxygens (including phenoxy) is 1. The lowest BCUT2D eigenvalue weighted by molar-refractivity contribution is -0.767. The Labute approximate surface area is 242 Å². The van der Waals surface area contributed by atoms with Crippen LogP contribution in [0.4, 0.5) is 0 Å². The first-order valence-corrected chi connectivity index (χ1v) is 14.7. The molecule has 1 saturated carbocycles. The molecule has 0 saturated heterocycles. The third-order valence-corrected chi connectivity index (χ3v) is 7.29. The highest BCUT2D eigenvalue weighted by molar-refractivity contribution is 5.75. The Balaban J connectivity index is 1.97. The van der Waals surface area contributed by atoms with E-state index < -0.39 is 35.5 Å². The Morgan fingerprint density at radius 3 is 2.59 bits per heavy atom. The molecule has 1 aromatic carbocycles. The van der Waals surface area contributed by atoms with E-state index in [1.54, 1.807) is 6.92 Å². The van der Waals surface area contributed by atoms with Crippen molar-refractivity contribution in [2.24, 2.45) is 11.8 Å². The Morgan fingerprint density at radius 1 is 1.12 bits per heavy atom. The van der Waals surface area contributed by atoms with Crippen LogP contribution in [-0.4, -0.2) is 58.1 Å². The number of aliphatic hydroxyl groups is 2. The normalized spacial score (nSPS) is 22.0. The lowest BCUT2D eigenvalue weighted by Gasteiger charge is -2.21. The number of carbonyl (C=O) groups excluding carboxylic acids is 2. The van der Waals surface area contributed by atoms with E-state index in [0.29, 0.717) is 45.1 Å². The summed E-state index contributed by atoms with van der Waals surface area (Å²) < 4.78 is 5.76. The van der Waals surface area contributed by atoms with Gasteiger partial charge in [0.2, 0.25) is 5.91 Å². The first kappa shape index (κ1) is 34.0. The van der Waals surface area contributed by atoms with Crippen LogP contribution in [0.3, 0.4) is 0 Å². The van der Waals surface area contributed by atoms with E-state index in [4.69, 9.17) is 4.74 Å². The van der Waals surface area contributed by atoms with Crippen molar-refractivity contribution in [2.75, 3.05) is 6.54 Å². The van der Waals surface area contributed by atoms with Gasteiger partial charge in [-0.3, -0.25) is 9.59 Å². The quantitative estimate of drug-likeness (QED) is 0.0721. The van der Waals surface area contributed by atoms with Gasteiger partial charge < -0.3 is 25.1 Å². The van der Waals surface area contributed by atoms with Crippen LogP contribution >= 0.6 is 0 Å². The largest absolute Gasteiger partial charge is 0.458 e. The first-order valence-electron chi connectivity index (χ1n) is 14.7. The fourth-order valence-corrected chi connectivity index (χ4v) is 5.11. The molecule has 0 unspecified atom stereocenters. The molecule has 41 heavy (non-hydrogen) atoms. The molecular formula is C31H46N2O8. The average Bonchev–Trinajstić information content (AvgIpc) is 3.19. The number of rotatable bonds is 19. The highest BCUT2D eigenvalue weighted by atomic mass is 17.0. The van der Waals surface area contributed by atoms with E-state index in [2.05, 4.69) is 10.2 Å². The molecule has 0 heterocycles. The molecule has 0 aromatic heterocycles. The van der Waals surface area contributed by atoms with Crippen LogP contribution in [0.5, 0.6) is 0 Å². The third-order valence-electron chi connectivity index (χ3n) is 7.29. The van der Waals surface area contributed by atoms with Crippen molar-refractivity contribution < 1.29 is 34.5 Å². The zero-order chi connectivity index (χ0) is 30.0. The maximum Gasteiger partial charge on any atom is 0.306 e. The van der Waals surface area contributed by atoms with E-state index in [9.17, 15) is 29.9 Å². The second-order valence-electron chi connectivity index (χ2n) is 10.6. The number of benzene rings is 1. The SMILES string of the molecule is CCNC(=O)CCC/C=C\C[C@@H]1[C@@H](/C=C/[C@H](CCc2ccccc2)OC(=O)CCC[C@@H](C)O[N+](=O)[O-])[C@H](O)C[C@@H]1O. The van der Waals surface area contributed by atoms with E-state index in [1.165, 1.54) is 0 Å². The molecule has 3 N–H and O–H groups in total. The number of unbranched alkanes of at least 4 members (excludes halogenated alkanes) is 1. The van der Waals surface area contributed by atoms with Gasteiger partial charge in [-0.1, -0.05) is 48.6 Å². The van der Waals surface area contributed by atoms with Gasteiger partial charge in [0.25, 0.3) is 5.09 Å². The molecule has 0 radical (unpaired) electrons. The molecule has 1 fully saturated rings. The van der Waals surface area contributed by atoms with Gasteiger partial charge in [0, 0.05) is 31.7 Å². The predicted octanol–water partition coefficient (Wildman–Crippen LogP) is 4.46. The highest BCUT2D eigenvalue weighted by Gasteiger charge is 2.39. The maximum atomic E-state index is 12.6. The summed E-state index contributed by atoms with van der Waals surface area (Å²) in [4.78, 5) is 39.1. The number of aryl methyl sites for hydroxylation is 1. The number of esters is 1. The van der Waals surface area contributed by atoms with Gasteiger partial charge in [0.05, 0.1) is 12.2 Å². The van der Waals surface area contributed by atoms with Crippen LogP contribution in [0.1, 0.15) is 77.2 Å². The minimum atomic E-state index is -0.834. The Morgan fingerprint density at radius 2 is 1.88 bits per heavy atom. The molecule has 0 aliphatic heterocycles. The van der Waals surface area contributed by atoms with Crippen molar-refractivity contribution in [3.63, 3.8) is 0 Å². The summed E-state index contributed by atoms with van der Waals surface area (Å²) in [5, 5.41) is 33.7. The van der Waals surface area contributed by atoms with E-state index in [1.807, 2.05) is 61.6 Å². The van der Waals surface area contributed by atoms with Crippen LogP contribution < -0.4 is 5.32 Å². The Kier molecular flexibility index (Phi) is 15.7. The van der Waals surface area contributed by atoms with Gasteiger partial charge in [0.15, 0.2) is 0 Å². The molecule has 1 aromatic rings. The smallest absolute Gasteiger partial charge is 0.306 e. The molecular weight excluding hydrogens is 528 g/mol. The number of amides is 1. The number of carbonyl (C=O) groups is 2. The number of nitrogens with zero attached hydrogens (tertiary/aromatic N) is 1. The van der Waals surface area contributed by atoms with Gasteiger partial charge in [-0.15, -0.1) is 10.1 Å². The zero-order valence-electron chi connectivity index (χ0n) is 24.2. The summed E-state index contributed by atoms with van der Waals surface area (Å²) >= 11 is 0. The van der Waals surface area contributed by atoms with Gasteiger partial charge >= 0.3 is 5.97 Å². The Bertz CT molecular complexity index is 984. The zero-order valence-corrected chi connectivity index (χ0v) is 24.2. The van der Waals surface area contributed by atoms with Gasteiger partial charge in [-0.25, -0.2) is 0 Å². The van der Waals surface area contributed by atoms with Crippen LogP contribution in [0, 0.1) is 22.0 Å². The fraction of sp³-hybridized carbons (Fsp3) is 0.613. The third kappa shape index (κ3) is 13.8. The summed E-state index contributed by atoms with van der Waals surface area (Å²) in [6.07, 6.45) is 10.2. The fourth-order valence-electron chi connectivity index (χ4n) is 5.11. The van der Waals surface area contributed by atoms with Crippen molar-refractivity contribution in [3.05, 3.63) is 70.3 Å². The highest BCUT2D eigenvalue weighted by Crippen LogP contribution is 2.36. The number of aliphatic hydroxyl groups excluding tert-OH is 2. The first-order chi connectivity index (χ1) is 19.7. The van der Waals surface area contributed by atoms with Crippen molar-refractivity contribution in [3.8, 4) is 0 Å². The molecule has 1 amide bonds. The summed E-state index contributed by atoms with van der Waals surface area (Å²) in [6.45, 7) is 4.10. The molecule has 0 bridgehead atoms. The maximum absolute atomic E-state index is 12.6. The van der Waals surface area contributed by atoms with E-state index >= 15 is 0 Å². The molecule has 2 rings (SSSR count). The molecule has 6 atom stereocenters. The molecule has 1 aliphatic rings. The van der Waals surface area contributed by atoms with Gasteiger partial charge in [0.1, 0.15) is 12.2 Å². The summed E-state index contributed by atoms with van der Waals surface area (Å²) in [6, 6.07) is 9.86. The van der Waals surface area contributed by atoms with E-state index in [0.717, 1.165) is 18.4 Å². The number of allylic oxidation sites excluding steroid dienone is 2. The number of hydrogen-bond donors (Lipinski definition) is 3.